The molecule has 2 heterocycles. The van der Waals surface area contributed by atoms with Crippen LogP contribution in [0.1, 0.15) is 40.4 Å². The van der Waals surface area contributed by atoms with Crippen molar-refractivity contribution in [3.8, 4) is 11.1 Å². The van der Waals surface area contributed by atoms with E-state index in [1.165, 1.54) is 24.1 Å². The van der Waals surface area contributed by atoms with Crippen LogP contribution in [0.3, 0.4) is 0 Å². The van der Waals surface area contributed by atoms with Crippen molar-refractivity contribution in [2.45, 2.75) is 25.3 Å². The second-order valence-corrected chi connectivity index (χ2v) is 7.38. The number of likely N-dealkylation sites (tertiary alicyclic amines) is 1. The van der Waals surface area contributed by atoms with Gasteiger partial charge >= 0.3 is 5.97 Å². The van der Waals surface area contributed by atoms with Gasteiger partial charge in [-0.15, -0.1) is 0 Å². The molecule has 1 saturated heterocycles. The number of aromatic carboxylic acids is 1. The largest absolute Gasteiger partial charge is 0.478 e. The number of aromatic nitrogens is 1. The molecule has 4 heteroatoms. The third-order valence-electron chi connectivity index (χ3n) is 5.44. The zero-order valence-corrected chi connectivity index (χ0v) is 15.8. The minimum Gasteiger partial charge on any atom is -0.478 e. The zero-order valence-electron chi connectivity index (χ0n) is 15.8. The van der Waals surface area contributed by atoms with Crippen molar-refractivity contribution < 1.29 is 9.90 Å². The normalized spacial score (nSPS) is 17.4. The van der Waals surface area contributed by atoms with E-state index >= 15 is 0 Å². The third kappa shape index (κ3) is 4.12. The number of hydrogen-bond acceptors (Lipinski definition) is 3. The lowest BCUT2D eigenvalue weighted by molar-refractivity contribution is 0.0697. The highest BCUT2D eigenvalue weighted by Gasteiger charge is 2.22. The maximum atomic E-state index is 11.5. The van der Waals surface area contributed by atoms with Gasteiger partial charge in [-0.1, -0.05) is 48.5 Å². The predicted octanol–water partition coefficient (Wildman–Crippen LogP) is 4.83. The van der Waals surface area contributed by atoms with E-state index < -0.39 is 5.97 Å². The number of carbonyl (C=O) groups is 1. The second kappa shape index (κ2) is 8.36. The van der Waals surface area contributed by atoms with Gasteiger partial charge in [0.1, 0.15) is 0 Å². The fourth-order valence-corrected chi connectivity index (χ4v) is 4.03. The molecule has 2 aromatic carbocycles. The van der Waals surface area contributed by atoms with Gasteiger partial charge in [0.25, 0.3) is 0 Å². The van der Waals surface area contributed by atoms with Gasteiger partial charge in [-0.3, -0.25) is 9.88 Å². The van der Waals surface area contributed by atoms with E-state index in [4.69, 9.17) is 0 Å². The van der Waals surface area contributed by atoms with Crippen molar-refractivity contribution in [3.05, 3.63) is 89.7 Å². The van der Waals surface area contributed by atoms with Crippen LogP contribution in [0.25, 0.3) is 11.1 Å². The van der Waals surface area contributed by atoms with Crippen LogP contribution in [0.15, 0.2) is 72.9 Å². The lowest BCUT2D eigenvalue weighted by atomic mass is 9.93. The van der Waals surface area contributed by atoms with Gasteiger partial charge in [-0.25, -0.2) is 4.79 Å². The number of carboxylic acids is 1. The molecule has 1 N–H and O–H groups in total. The number of rotatable bonds is 5. The third-order valence-corrected chi connectivity index (χ3v) is 5.44. The van der Waals surface area contributed by atoms with Gasteiger partial charge in [0, 0.05) is 30.9 Å². The number of benzene rings is 2. The van der Waals surface area contributed by atoms with E-state index in [0.29, 0.717) is 11.5 Å². The lowest BCUT2D eigenvalue weighted by Crippen LogP contribution is -2.34. The van der Waals surface area contributed by atoms with Crippen LogP contribution < -0.4 is 0 Å². The van der Waals surface area contributed by atoms with E-state index in [1.807, 2.05) is 36.5 Å². The molecule has 0 radical (unpaired) electrons. The lowest BCUT2D eigenvalue weighted by Gasteiger charge is -2.32. The van der Waals surface area contributed by atoms with E-state index in [2.05, 4.69) is 34.1 Å². The highest BCUT2D eigenvalue weighted by molar-refractivity contribution is 5.95. The Kier molecular flexibility index (Phi) is 5.49. The van der Waals surface area contributed by atoms with Crippen molar-refractivity contribution in [1.82, 2.24) is 9.88 Å². The molecule has 1 aliphatic rings. The van der Waals surface area contributed by atoms with Gasteiger partial charge in [0.2, 0.25) is 0 Å². The first-order valence-corrected chi connectivity index (χ1v) is 9.75. The molecular formula is C24H24N2O2. The highest BCUT2D eigenvalue weighted by Crippen LogP contribution is 2.28. The first kappa shape index (κ1) is 18.4. The fraction of sp³-hybridized carbons (Fsp3) is 0.250. The summed E-state index contributed by atoms with van der Waals surface area (Å²) < 4.78 is 0. The maximum absolute atomic E-state index is 11.5. The SMILES string of the molecule is O=C(O)c1ccccc1-c1ccc(CN2CCCC(c3ccccn3)C2)cc1. The van der Waals surface area contributed by atoms with Gasteiger partial charge in [0.15, 0.2) is 0 Å². The van der Waals surface area contributed by atoms with Crippen molar-refractivity contribution in [3.63, 3.8) is 0 Å². The Balaban J connectivity index is 1.46. The molecule has 0 saturated carbocycles. The molecule has 1 unspecified atom stereocenters. The molecule has 142 valence electrons. The van der Waals surface area contributed by atoms with E-state index in [-0.39, 0.29) is 0 Å². The number of nitrogens with zero attached hydrogens (tertiary/aromatic N) is 2. The molecule has 1 aromatic heterocycles. The van der Waals surface area contributed by atoms with E-state index in [9.17, 15) is 9.90 Å². The standard InChI is InChI=1S/C24H24N2O2/c27-24(28)22-8-2-1-7-21(22)19-12-10-18(11-13-19)16-26-15-5-6-20(17-26)23-9-3-4-14-25-23/h1-4,7-14,20H,5-6,15-17H2,(H,27,28). The molecule has 1 aliphatic heterocycles. The average Bonchev–Trinajstić information content (AvgIpc) is 2.75. The van der Waals surface area contributed by atoms with Gasteiger partial charge in [0.05, 0.1) is 5.56 Å². The Morgan fingerprint density at radius 2 is 1.82 bits per heavy atom. The smallest absolute Gasteiger partial charge is 0.336 e. The molecule has 28 heavy (non-hydrogen) atoms. The Morgan fingerprint density at radius 3 is 2.57 bits per heavy atom. The van der Waals surface area contributed by atoms with Crippen molar-refractivity contribution in [2.75, 3.05) is 13.1 Å². The summed E-state index contributed by atoms with van der Waals surface area (Å²) in [6.07, 6.45) is 4.26. The number of piperidine rings is 1. The topological polar surface area (TPSA) is 53.4 Å². The zero-order chi connectivity index (χ0) is 19.3. The van der Waals surface area contributed by atoms with Crippen LogP contribution in [0.2, 0.25) is 0 Å². The summed E-state index contributed by atoms with van der Waals surface area (Å²) in [6.45, 7) is 3.04. The Hall–Kier alpha value is -2.98. The van der Waals surface area contributed by atoms with E-state index in [0.717, 1.165) is 30.8 Å². The summed E-state index contributed by atoms with van der Waals surface area (Å²) in [6, 6.07) is 21.6. The molecule has 0 bridgehead atoms. The monoisotopic (exact) mass is 372 g/mol. The van der Waals surface area contributed by atoms with Crippen LogP contribution in [0.5, 0.6) is 0 Å². The first-order chi connectivity index (χ1) is 13.7. The molecule has 0 spiro atoms. The average molecular weight is 372 g/mol. The van der Waals surface area contributed by atoms with Crippen LogP contribution in [0.4, 0.5) is 0 Å². The molecule has 1 fully saturated rings. The summed E-state index contributed by atoms with van der Waals surface area (Å²) in [5, 5.41) is 9.40. The Labute approximate surface area is 165 Å². The molecule has 3 aromatic rings. The molecule has 4 nitrogen and oxygen atoms in total. The highest BCUT2D eigenvalue weighted by atomic mass is 16.4. The number of hydrogen-bond donors (Lipinski definition) is 1. The summed E-state index contributed by atoms with van der Waals surface area (Å²) in [7, 11) is 0. The number of pyridine rings is 1. The second-order valence-electron chi connectivity index (χ2n) is 7.38. The first-order valence-electron chi connectivity index (χ1n) is 9.75. The summed E-state index contributed by atoms with van der Waals surface area (Å²) in [5.41, 5.74) is 4.47. The minimum atomic E-state index is -0.895. The fourth-order valence-electron chi connectivity index (χ4n) is 4.03. The van der Waals surface area contributed by atoms with Crippen molar-refractivity contribution in [1.29, 1.82) is 0 Å². The molecule has 0 amide bonds. The Bertz CT molecular complexity index is 938. The van der Waals surface area contributed by atoms with E-state index in [1.54, 1.807) is 12.1 Å². The van der Waals surface area contributed by atoms with Crippen LogP contribution in [0, 0.1) is 0 Å². The summed E-state index contributed by atoms with van der Waals surface area (Å²) in [4.78, 5) is 18.5. The molecule has 0 aliphatic carbocycles. The van der Waals surface area contributed by atoms with Crippen LogP contribution >= 0.6 is 0 Å². The van der Waals surface area contributed by atoms with Crippen molar-refractivity contribution >= 4 is 5.97 Å². The number of carboxylic acid groups (broad SMARTS) is 1. The molecule has 4 rings (SSSR count). The quantitative estimate of drug-likeness (QED) is 0.697. The predicted molar refractivity (Wildman–Crippen MR) is 110 cm³/mol. The molecule has 1 atom stereocenters. The van der Waals surface area contributed by atoms with Crippen molar-refractivity contribution in [2.24, 2.45) is 0 Å². The van der Waals surface area contributed by atoms with Gasteiger partial charge in [-0.2, -0.15) is 0 Å². The summed E-state index contributed by atoms with van der Waals surface area (Å²) in [5.74, 6) is -0.398. The summed E-state index contributed by atoms with van der Waals surface area (Å²) >= 11 is 0. The molecular weight excluding hydrogens is 348 g/mol. The Morgan fingerprint density at radius 1 is 1.04 bits per heavy atom. The van der Waals surface area contributed by atoms with Crippen LogP contribution in [-0.2, 0) is 6.54 Å². The maximum Gasteiger partial charge on any atom is 0.336 e. The minimum absolute atomic E-state index is 0.337. The van der Waals surface area contributed by atoms with Crippen LogP contribution in [-0.4, -0.2) is 34.0 Å². The van der Waals surface area contributed by atoms with Gasteiger partial charge in [-0.05, 0) is 54.3 Å². The van der Waals surface area contributed by atoms with Gasteiger partial charge < -0.3 is 5.11 Å².